The van der Waals surface area contributed by atoms with E-state index < -0.39 is 11.3 Å². The van der Waals surface area contributed by atoms with E-state index in [4.69, 9.17) is 16.3 Å². The van der Waals surface area contributed by atoms with Gasteiger partial charge in [0, 0.05) is 17.3 Å². The van der Waals surface area contributed by atoms with Gasteiger partial charge in [0.15, 0.2) is 5.75 Å². The maximum Gasteiger partial charge on any atom is 0.274 e. The van der Waals surface area contributed by atoms with Crippen LogP contribution in [0.1, 0.15) is 16.1 Å². The van der Waals surface area contributed by atoms with E-state index in [1.165, 1.54) is 29.1 Å². The zero-order valence-electron chi connectivity index (χ0n) is 12.2. The molecule has 0 atom stereocenters. The summed E-state index contributed by atoms with van der Waals surface area (Å²) in [6.45, 7) is 0.219. The smallest absolute Gasteiger partial charge is 0.274 e. The Balaban J connectivity index is 1.67. The van der Waals surface area contributed by atoms with Crippen LogP contribution in [0.3, 0.4) is 0 Å². The van der Waals surface area contributed by atoms with E-state index in [-0.39, 0.29) is 18.1 Å². The lowest BCUT2D eigenvalue weighted by Gasteiger charge is -2.07. The number of carbonyl (C=O) groups is 1. The van der Waals surface area contributed by atoms with Gasteiger partial charge in [0.1, 0.15) is 17.8 Å². The summed E-state index contributed by atoms with van der Waals surface area (Å²) in [5, 5.41) is 10.8. The van der Waals surface area contributed by atoms with E-state index in [1.807, 2.05) is 0 Å². The van der Waals surface area contributed by atoms with E-state index in [9.17, 15) is 9.59 Å². The highest BCUT2D eigenvalue weighted by atomic mass is 35.5. The number of hydrogen-bond donors (Lipinski definition) is 2. The van der Waals surface area contributed by atoms with Crippen molar-refractivity contribution in [2.75, 3.05) is 5.32 Å². The van der Waals surface area contributed by atoms with Gasteiger partial charge in [0.25, 0.3) is 5.91 Å². The molecule has 0 saturated heterocycles. The van der Waals surface area contributed by atoms with Crippen molar-refractivity contribution in [3.8, 4) is 5.75 Å². The van der Waals surface area contributed by atoms with Gasteiger partial charge in [-0.1, -0.05) is 35.1 Å². The fourth-order valence-corrected chi connectivity index (χ4v) is 2.40. The number of H-pyrrole nitrogens is 1. The van der Waals surface area contributed by atoms with Crippen LogP contribution in [0.25, 0.3) is 0 Å². The number of anilines is 1. The van der Waals surface area contributed by atoms with Crippen molar-refractivity contribution in [3.63, 3.8) is 0 Å². The fourth-order valence-electron chi connectivity index (χ4n) is 1.84. The largest absolute Gasteiger partial charge is 0.483 e. The third kappa shape index (κ3) is 3.98. The Hall–Kier alpha value is -2.71. The number of halogens is 1. The molecule has 0 aliphatic carbocycles. The van der Waals surface area contributed by atoms with E-state index in [0.29, 0.717) is 10.2 Å². The van der Waals surface area contributed by atoms with Crippen LogP contribution in [0.5, 0.6) is 5.75 Å². The molecule has 9 heteroatoms. The number of ether oxygens (including phenoxy) is 1. The number of aromatic amines is 1. The minimum absolute atomic E-state index is 0.106. The van der Waals surface area contributed by atoms with Gasteiger partial charge in [0.2, 0.25) is 10.6 Å². The van der Waals surface area contributed by atoms with E-state index >= 15 is 0 Å². The van der Waals surface area contributed by atoms with Gasteiger partial charge in [-0.05, 0) is 17.7 Å². The molecule has 24 heavy (non-hydrogen) atoms. The predicted molar refractivity (Wildman–Crippen MR) is 90.7 cm³/mol. The SMILES string of the molecule is O=C(Nc1nncs1)c1cc(=O)c(OCc2ccc(Cl)cc2)c[nH]1. The first-order chi connectivity index (χ1) is 11.6. The third-order valence-corrected chi connectivity index (χ3v) is 3.87. The summed E-state index contributed by atoms with van der Waals surface area (Å²) < 4.78 is 5.46. The number of pyridine rings is 1. The molecule has 0 saturated carbocycles. The van der Waals surface area contributed by atoms with Crippen LogP contribution in [0.4, 0.5) is 5.13 Å². The molecule has 122 valence electrons. The van der Waals surface area contributed by atoms with E-state index in [0.717, 1.165) is 5.56 Å². The zero-order valence-corrected chi connectivity index (χ0v) is 13.7. The van der Waals surface area contributed by atoms with Crippen molar-refractivity contribution in [3.05, 3.63) is 68.5 Å². The van der Waals surface area contributed by atoms with E-state index in [2.05, 4.69) is 20.5 Å². The second-order valence-corrected chi connectivity index (χ2v) is 5.96. The summed E-state index contributed by atoms with van der Waals surface area (Å²) in [6, 6.07) is 8.27. The van der Waals surface area contributed by atoms with Crippen LogP contribution in [-0.4, -0.2) is 21.1 Å². The van der Waals surface area contributed by atoms with Crippen LogP contribution >= 0.6 is 22.9 Å². The van der Waals surface area contributed by atoms with Crippen LogP contribution in [0, 0.1) is 0 Å². The lowest BCUT2D eigenvalue weighted by molar-refractivity contribution is 0.102. The molecule has 3 rings (SSSR count). The third-order valence-electron chi connectivity index (χ3n) is 3.01. The monoisotopic (exact) mass is 362 g/mol. The highest BCUT2D eigenvalue weighted by Gasteiger charge is 2.11. The lowest BCUT2D eigenvalue weighted by atomic mass is 10.2. The highest BCUT2D eigenvalue weighted by Crippen LogP contribution is 2.13. The van der Waals surface area contributed by atoms with Crippen molar-refractivity contribution in [1.82, 2.24) is 15.2 Å². The summed E-state index contributed by atoms with van der Waals surface area (Å²) in [5.74, 6) is -0.356. The summed E-state index contributed by atoms with van der Waals surface area (Å²) in [6.07, 6.45) is 1.35. The molecule has 2 N–H and O–H groups in total. The topological polar surface area (TPSA) is 97.0 Å². The maximum atomic E-state index is 12.1. The van der Waals surface area contributed by atoms with Gasteiger partial charge in [-0.3, -0.25) is 14.9 Å². The second kappa shape index (κ2) is 7.24. The van der Waals surface area contributed by atoms with E-state index in [1.54, 1.807) is 24.3 Å². The maximum absolute atomic E-state index is 12.1. The van der Waals surface area contributed by atoms with Crippen molar-refractivity contribution in [1.29, 1.82) is 0 Å². The summed E-state index contributed by atoms with van der Waals surface area (Å²) in [5.41, 5.74) is 2.07. The molecule has 2 heterocycles. The fraction of sp³-hybridized carbons (Fsp3) is 0.0667. The summed E-state index contributed by atoms with van der Waals surface area (Å²) in [7, 11) is 0. The second-order valence-electron chi connectivity index (χ2n) is 4.69. The number of aromatic nitrogens is 3. The number of rotatable bonds is 5. The number of hydrogen-bond acceptors (Lipinski definition) is 6. The Labute approximate surface area is 145 Å². The zero-order chi connectivity index (χ0) is 16.9. The van der Waals surface area contributed by atoms with Crippen LogP contribution in [0.15, 0.2) is 46.8 Å². The number of nitrogens with one attached hydrogen (secondary N) is 2. The Morgan fingerprint density at radius 1 is 1.33 bits per heavy atom. The van der Waals surface area contributed by atoms with Gasteiger partial charge >= 0.3 is 0 Å². The van der Waals surface area contributed by atoms with Crippen LogP contribution in [0.2, 0.25) is 5.02 Å². The molecular weight excluding hydrogens is 352 g/mol. The van der Waals surface area contributed by atoms with Crippen molar-refractivity contribution in [2.45, 2.75) is 6.61 Å². The molecule has 0 aliphatic rings. The Morgan fingerprint density at radius 2 is 2.12 bits per heavy atom. The molecule has 0 fully saturated rings. The quantitative estimate of drug-likeness (QED) is 0.727. The van der Waals surface area contributed by atoms with Gasteiger partial charge in [-0.25, -0.2) is 0 Å². The van der Waals surface area contributed by atoms with Gasteiger partial charge in [-0.15, -0.1) is 10.2 Å². The molecule has 0 bridgehead atoms. The molecule has 0 unspecified atom stereocenters. The molecule has 7 nitrogen and oxygen atoms in total. The normalized spacial score (nSPS) is 10.4. The first-order valence-corrected chi connectivity index (χ1v) is 8.05. The summed E-state index contributed by atoms with van der Waals surface area (Å²) >= 11 is 6.99. The Bertz CT molecular complexity index is 894. The summed E-state index contributed by atoms with van der Waals surface area (Å²) in [4.78, 5) is 26.8. The molecule has 3 aromatic rings. The van der Waals surface area contributed by atoms with Gasteiger partial charge in [-0.2, -0.15) is 0 Å². The molecule has 0 aliphatic heterocycles. The molecule has 2 aromatic heterocycles. The van der Waals surface area contributed by atoms with Crippen LogP contribution < -0.4 is 15.5 Å². The average molecular weight is 363 g/mol. The molecular formula is C15H11ClN4O3S. The Morgan fingerprint density at radius 3 is 2.79 bits per heavy atom. The number of carbonyl (C=O) groups excluding carboxylic acids is 1. The highest BCUT2D eigenvalue weighted by molar-refractivity contribution is 7.13. The standard InChI is InChI=1S/C15H11ClN4O3S/c16-10-3-1-9(2-4-10)7-23-13-6-17-11(5-12(13)21)14(22)19-15-20-18-8-24-15/h1-6,8H,7H2,(H,17,21)(H,19,20,22). The minimum Gasteiger partial charge on any atom is -0.483 e. The van der Waals surface area contributed by atoms with Crippen molar-refractivity contribution < 1.29 is 9.53 Å². The number of benzene rings is 1. The number of amides is 1. The van der Waals surface area contributed by atoms with Crippen LogP contribution in [-0.2, 0) is 6.61 Å². The number of nitrogens with zero attached hydrogens (tertiary/aromatic N) is 2. The molecule has 1 aromatic carbocycles. The average Bonchev–Trinajstić information content (AvgIpc) is 3.08. The first kappa shape index (κ1) is 16.2. The molecule has 0 radical (unpaired) electrons. The molecule has 1 amide bonds. The molecule has 0 spiro atoms. The lowest BCUT2D eigenvalue weighted by Crippen LogP contribution is -2.17. The van der Waals surface area contributed by atoms with Crippen molar-refractivity contribution in [2.24, 2.45) is 0 Å². The minimum atomic E-state index is -0.479. The van der Waals surface area contributed by atoms with Crippen molar-refractivity contribution >= 4 is 34.0 Å². The Kier molecular flexibility index (Phi) is 4.88. The first-order valence-electron chi connectivity index (χ1n) is 6.79. The van der Waals surface area contributed by atoms with Gasteiger partial charge < -0.3 is 9.72 Å². The van der Waals surface area contributed by atoms with Gasteiger partial charge in [0.05, 0.1) is 0 Å². The predicted octanol–water partition coefficient (Wildman–Crippen LogP) is 2.71.